The Morgan fingerprint density at radius 2 is 1.52 bits per heavy atom. The topological polar surface area (TPSA) is 25.8 Å². The van der Waals surface area contributed by atoms with E-state index in [4.69, 9.17) is 4.98 Å². The zero-order chi connectivity index (χ0) is 17.1. The molecule has 2 nitrogen and oxygen atoms in total. The minimum absolute atomic E-state index is 0.806. The summed E-state index contributed by atoms with van der Waals surface area (Å²) in [4.78, 5) is 9.34. The SMILES string of the molecule is Brc1cc(-c2ccc(-c3ccccc3)cc2)nc(C2=CC=CCC2)n1. The Hall–Kier alpha value is -2.52. The fourth-order valence-corrected chi connectivity index (χ4v) is 3.35. The van der Waals surface area contributed by atoms with Crippen LogP contribution in [0.4, 0.5) is 0 Å². The van der Waals surface area contributed by atoms with Crippen molar-refractivity contribution in [3.05, 3.63) is 89.3 Å². The number of benzene rings is 2. The molecule has 122 valence electrons. The molecule has 25 heavy (non-hydrogen) atoms. The van der Waals surface area contributed by atoms with E-state index < -0.39 is 0 Å². The molecule has 1 aliphatic carbocycles. The Morgan fingerprint density at radius 3 is 2.24 bits per heavy atom. The highest BCUT2D eigenvalue weighted by Gasteiger charge is 2.11. The number of allylic oxidation sites excluding steroid dienone is 4. The number of aromatic nitrogens is 2. The molecule has 0 radical (unpaired) electrons. The molecule has 3 aromatic rings. The molecule has 0 fully saturated rings. The second-order valence-electron chi connectivity index (χ2n) is 6.00. The van der Waals surface area contributed by atoms with Crippen LogP contribution in [0.15, 0.2) is 83.5 Å². The summed E-state index contributed by atoms with van der Waals surface area (Å²) >= 11 is 3.53. The standard InChI is InChI=1S/C22H17BrN2/c23-21-15-20(24-22(25-21)19-9-5-2-6-10-19)18-13-11-17(12-14-18)16-7-3-1-4-8-16/h1-5,7-9,11-15H,6,10H2. The van der Waals surface area contributed by atoms with Crippen molar-refractivity contribution in [1.29, 1.82) is 0 Å². The second-order valence-corrected chi connectivity index (χ2v) is 6.81. The minimum Gasteiger partial charge on any atom is -0.228 e. The molecule has 0 bridgehead atoms. The summed E-state index contributed by atoms with van der Waals surface area (Å²) in [6.45, 7) is 0. The molecular formula is C22H17BrN2. The van der Waals surface area contributed by atoms with E-state index >= 15 is 0 Å². The van der Waals surface area contributed by atoms with Crippen molar-refractivity contribution in [3.63, 3.8) is 0 Å². The van der Waals surface area contributed by atoms with E-state index in [9.17, 15) is 0 Å². The average molecular weight is 389 g/mol. The van der Waals surface area contributed by atoms with Crippen LogP contribution in [-0.4, -0.2) is 9.97 Å². The van der Waals surface area contributed by atoms with Crippen molar-refractivity contribution in [1.82, 2.24) is 9.97 Å². The Balaban J connectivity index is 1.69. The summed E-state index contributed by atoms with van der Waals surface area (Å²) in [7, 11) is 0. The molecule has 0 atom stereocenters. The van der Waals surface area contributed by atoms with Gasteiger partial charge in [0.05, 0.1) is 5.69 Å². The monoisotopic (exact) mass is 388 g/mol. The van der Waals surface area contributed by atoms with Crippen molar-refractivity contribution in [2.45, 2.75) is 12.8 Å². The van der Waals surface area contributed by atoms with Gasteiger partial charge in [0.25, 0.3) is 0 Å². The molecule has 0 N–H and O–H groups in total. The van der Waals surface area contributed by atoms with E-state index in [1.54, 1.807) is 0 Å². The van der Waals surface area contributed by atoms with Gasteiger partial charge in [-0.1, -0.05) is 72.8 Å². The van der Waals surface area contributed by atoms with Crippen LogP contribution >= 0.6 is 15.9 Å². The highest BCUT2D eigenvalue weighted by Crippen LogP contribution is 2.28. The van der Waals surface area contributed by atoms with Crippen molar-refractivity contribution >= 4 is 21.5 Å². The second kappa shape index (κ2) is 7.16. The maximum Gasteiger partial charge on any atom is 0.157 e. The maximum atomic E-state index is 4.79. The molecule has 0 aliphatic heterocycles. The van der Waals surface area contributed by atoms with Crippen molar-refractivity contribution < 1.29 is 0 Å². The largest absolute Gasteiger partial charge is 0.228 e. The first-order valence-electron chi connectivity index (χ1n) is 8.36. The fourth-order valence-electron chi connectivity index (χ4n) is 2.96. The first kappa shape index (κ1) is 16.0. The molecule has 0 saturated heterocycles. The normalized spacial score (nSPS) is 13.6. The van der Waals surface area contributed by atoms with Gasteiger partial charge in [-0.05, 0) is 51.5 Å². The van der Waals surface area contributed by atoms with E-state index in [-0.39, 0.29) is 0 Å². The highest BCUT2D eigenvalue weighted by atomic mass is 79.9. The summed E-state index contributed by atoms with van der Waals surface area (Å²) in [6.07, 6.45) is 8.39. The Morgan fingerprint density at radius 1 is 0.800 bits per heavy atom. The van der Waals surface area contributed by atoms with Crippen LogP contribution in [0.5, 0.6) is 0 Å². The van der Waals surface area contributed by atoms with Crippen molar-refractivity contribution in [3.8, 4) is 22.4 Å². The summed E-state index contributed by atoms with van der Waals surface area (Å²) in [6, 6.07) is 20.9. The smallest absolute Gasteiger partial charge is 0.157 e. The summed E-state index contributed by atoms with van der Waals surface area (Å²) < 4.78 is 0.815. The van der Waals surface area contributed by atoms with Gasteiger partial charge in [-0.25, -0.2) is 9.97 Å². The lowest BCUT2D eigenvalue weighted by molar-refractivity contribution is 0.998. The third kappa shape index (κ3) is 3.62. The van der Waals surface area contributed by atoms with Crippen LogP contribution in [0.2, 0.25) is 0 Å². The molecule has 1 heterocycles. The molecule has 1 aromatic heterocycles. The van der Waals surface area contributed by atoms with Crippen LogP contribution in [0.1, 0.15) is 18.7 Å². The molecule has 0 saturated carbocycles. The number of hydrogen-bond donors (Lipinski definition) is 0. The van der Waals surface area contributed by atoms with Gasteiger partial charge in [-0.2, -0.15) is 0 Å². The van der Waals surface area contributed by atoms with Gasteiger partial charge in [-0.15, -0.1) is 0 Å². The van der Waals surface area contributed by atoms with Crippen molar-refractivity contribution in [2.75, 3.05) is 0 Å². The fraction of sp³-hybridized carbons (Fsp3) is 0.0909. The predicted molar refractivity (Wildman–Crippen MR) is 107 cm³/mol. The van der Waals surface area contributed by atoms with Crippen molar-refractivity contribution in [2.24, 2.45) is 0 Å². The summed E-state index contributed by atoms with van der Waals surface area (Å²) in [5, 5.41) is 0. The van der Waals surface area contributed by atoms with Crippen LogP contribution in [-0.2, 0) is 0 Å². The molecule has 0 amide bonds. The van der Waals surface area contributed by atoms with Gasteiger partial charge >= 0.3 is 0 Å². The van der Waals surface area contributed by atoms with E-state index in [1.165, 1.54) is 16.7 Å². The lowest BCUT2D eigenvalue weighted by atomic mass is 10.0. The van der Waals surface area contributed by atoms with Gasteiger partial charge < -0.3 is 0 Å². The van der Waals surface area contributed by atoms with Crippen LogP contribution in [0.3, 0.4) is 0 Å². The van der Waals surface area contributed by atoms with Gasteiger partial charge in [0.15, 0.2) is 5.82 Å². The zero-order valence-corrected chi connectivity index (χ0v) is 15.3. The van der Waals surface area contributed by atoms with E-state index in [0.717, 1.165) is 34.5 Å². The van der Waals surface area contributed by atoms with E-state index in [0.29, 0.717) is 0 Å². The van der Waals surface area contributed by atoms with Gasteiger partial charge in [0.1, 0.15) is 4.60 Å². The molecule has 3 heteroatoms. The first-order chi connectivity index (χ1) is 12.3. The lowest BCUT2D eigenvalue weighted by Gasteiger charge is -2.10. The van der Waals surface area contributed by atoms with Crippen LogP contribution in [0.25, 0.3) is 28.0 Å². The zero-order valence-electron chi connectivity index (χ0n) is 13.7. The van der Waals surface area contributed by atoms with Gasteiger partial charge in [-0.3, -0.25) is 0 Å². The molecule has 1 aliphatic rings. The molecule has 0 unspecified atom stereocenters. The first-order valence-corrected chi connectivity index (χ1v) is 9.15. The van der Waals surface area contributed by atoms with Gasteiger partial charge in [0, 0.05) is 5.56 Å². The Bertz CT molecular complexity index is 942. The maximum absolute atomic E-state index is 4.79. The summed E-state index contributed by atoms with van der Waals surface area (Å²) in [5.41, 5.74) is 5.64. The number of hydrogen-bond acceptors (Lipinski definition) is 2. The molecule has 2 aromatic carbocycles. The van der Waals surface area contributed by atoms with E-state index in [2.05, 4.69) is 87.7 Å². The third-order valence-corrected chi connectivity index (χ3v) is 4.69. The molecule has 4 rings (SSSR count). The Kier molecular flexibility index (Phi) is 4.57. The van der Waals surface area contributed by atoms with Gasteiger partial charge in [0.2, 0.25) is 0 Å². The Labute approximate surface area is 156 Å². The number of nitrogens with zero attached hydrogens (tertiary/aromatic N) is 2. The predicted octanol–water partition coefficient (Wildman–Crippen LogP) is 6.31. The number of rotatable bonds is 3. The molecule has 0 spiro atoms. The minimum atomic E-state index is 0.806. The number of halogens is 1. The molecular weight excluding hydrogens is 372 g/mol. The highest BCUT2D eigenvalue weighted by molar-refractivity contribution is 9.10. The van der Waals surface area contributed by atoms with E-state index in [1.807, 2.05) is 12.1 Å². The average Bonchev–Trinajstić information content (AvgIpc) is 2.69. The third-order valence-electron chi connectivity index (χ3n) is 4.28. The van der Waals surface area contributed by atoms with Crippen LogP contribution < -0.4 is 0 Å². The van der Waals surface area contributed by atoms with Crippen LogP contribution in [0, 0.1) is 0 Å². The lowest BCUT2D eigenvalue weighted by Crippen LogP contribution is -1.98. The quantitative estimate of drug-likeness (QED) is 0.491. The summed E-state index contributed by atoms with van der Waals surface area (Å²) in [5.74, 6) is 0.806.